The number of aliphatic hydroxyl groups is 1. The molecule has 1 amide bonds. The number of carbonyl (C=O) groups is 2. The highest BCUT2D eigenvalue weighted by atomic mass is 16.6. The van der Waals surface area contributed by atoms with Gasteiger partial charge in [-0.3, -0.25) is 19.5 Å². The summed E-state index contributed by atoms with van der Waals surface area (Å²) in [5, 5.41) is 28.9. The van der Waals surface area contributed by atoms with Crippen LogP contribution in [0.5, 0.6) is 5.75 Å². The molecule has 0 aliphatic carbocycles. The minimum Gasteiger partial charge on any atom is -0.487 e. The number of hydrogen-bond acceptors (Lipinski definition) is 10. The number of fused-ring (bicyclic) bond motifs is 5. The summed E-state index contributed by atoms with van der Waals surface area (Å²) in [5.74, 6) is -0.518. The van der Waals surface area contributed by atoms with Crippen LogP contribution in [0.15, 0.2) is 35.3 Å². The lowest BCUT2D eigenvalue weighted by atomic mass is 9.86. The number of nitrogens with one attached hydrogen (secondary N) is 1. The van der Waals surface area contributed by atoms with Crippen molar-refractivity contribution in [1.29, 1.82) is 0 Å². The average Bonchev–Trinajstić information content (AvgIpc) is 3.63. The number of cyclic esters (lactones) is 1. The van der Waals surface area contributed by atoms with E-state index in [-0.39, 0.29) is 31.6 Å². The van der Waals surface area contributed by atoms with E-state index in [4.69, 9.17) is 19.7 Å². The van der Waals surface area contributed by atoms with Gasteiger partial charge in [0.1, 0.15) is 24.7 Å². The molecule has 0 spiro atoms. The lowest BCUT2D eigenvalue weighted by molar-refractivity contribution is -0.172. The Morgan fingerprint density at radius 2 is 2.02 bits per heavy atom. The smallest absolute Gasteiger partial charge is 0.343 e. The Morgan fingerprint density at radius 1 is 1.19 bits per heavy atom. The topological polar surface area (TPSA) is 171 Å². The number of carbonyl (C=O) groups excluding carboxylic acids is 2. The van der Waals surface area contributed by atoms with Gasteiger partial charge in [0.15, 0.2) is 5.60 Å². The summed E-state index contributed by atoms with van der Waals surface area (Å²) in [7, 11) is 0. The van der Waals surface area contributed by atoms with E-state index < -0.39 is 17.5 Å². The second kappa shape index (κ2) is 11.2. The van der Waals surface area contributed by atoms with Gasteiger partial charge in [0.25, 0.3) is 5.56 Å². The Balaban J connectivity index is 1.25. The summed E-state index contributed by atoms with van der Waals surface area (Å²) in [6.07, 6.45) is 4.15. The Labute approximate surface area is 246 Å². The van der Waals surface area contributed by atoms with Crippen molar-refractivity contribution in [2.75, 3.05) is 0 Å². The summed E-state index contributed by atoms with van der Waals surface area (Å²) >= 11 is 0. The number of hydrogen-bond donors (Lipinski definition) is 3. The molecule has 0 fully saturated rings. The standard InChI is InChI=1S/C30H32N6O7/c1-3-19-20-11-18(42-15-17-13-35(34-32-17)10-6-5-7-26(37)33-41)8-9-24(20)31-27-21(19)14-36-25(27)12-23-22(28(36)38)16-43-29(39)30(23,40)4-2/h8-9,11-13,40-41H,3-7,10,14-16H2,1-2H3,(H,33,37)/t30-/m0/s1. The van der Waals surface area contributed by atoms with Crippen molar-refractivity contribution < 1.29 is 29.4 Å². The van der Waals surface area contributed by atoms with E-state index in [0.717, 1.165) is 22.0 Å². The predicted molar refractivity (Wildman–Crippen MR) is 152 cm³/mol. The molecule has 0 radical (unpaired) electrons. The Hall–Kier alpha value is -4.62. The first-order chi connectivity index (χ1) is 20.8. The highest BCUT2D eigenvalue weighted by Crippen LogP contribution is 2.40. The highest BCUT2D eigenvalue weighted by Gasteiger charge is 2.45. The van der Waals surface area contributed by atoms with Crippen molar-refractivity contribution in [2.24, 2.45) is 0 Å². The molecule has 0 bridgehead atoms. The van der Waals surface area contributed by atoms with Gasteiger partial charge in [0.2, 0.25) is 5.91 Å². The number of rotatable bonds is 10. The zero-order valence-corrected chi connectivity index (χ0v) is 23.9. The van der Waals surface area contributed by atoms with Crippen LogP contribution < -0.4 is 15.8 Å². The fourth-order valence-electron chi connectivity index (χ4n) is 5.92. The van der Waals surface area contributed by atoms with E-state index in [2.05, 4.69) is 17.2 Å². The third kappa shape index (κ3) is 4.93. The van der Waals surface area contributed by atoms with Crippen molar-refractivity contribution in [2.45, 2.75) is 77.9 Å². The molecule has 224 valence electrons. The maximum atomic E-state index is 13.5. The Kier molecular flexibility index (Phi) is 7.44. The van der Waals surface area contributed by atoms with Crippen LogP contribution in [0.3, 0.4) is 0 Å². The molecule has 0 saturated carbocycles. The first-order valence-corrected chi connectivity index (χ1v) is 14.3. The van der Waals surface area contributed by atoms with Crippen LogP contribution in [0.2, 0.25) is 0 Å². The number of unbranched alkanes of at least 4 members (excludes halogenated alkanes) is 1. The van der Waals surface area contributed by atoms with E-state index in [0.29, 0.717) is 66.3 Å². The molecular weight excluding hydrogens is 556 g/mol. The van der Waals surface area contributed by atoms with Crippen molar-refractivity contribution in [3.63, 3.8) is 0 Å². The molecule has 13 heteroatoms. The average molecular weight is 589 g/mol. The minimum absolute atomic E-state index is 0.0878. The minimum atomic E-state index is -1.87. The third-order valence-electron chi connectivity index (χ3n) is 8.27. The number of aromatic nitrogens is 5. The number of nitrogens with zero attached hydrogens (tertiary/aromatic N) is 5. The van der Waals surface area contributed by atoms with Crippen LogP contribution >= 0.6 is 0 Å². The van der Waals surface area contributed by atoms with Crippen LogP contribution in [0, 0.1) is 0 Å². The van der Waals surface area contributed by atoms with Gasteiger partial charge >= 0.3 is 5.97 Å². The zero-order valence-electron chi connectivity index (χ0n) is 23.9. The zero-order chi connectivity index (χ0) is 30.3. The van der Waals surface area contributed by atoms with Crippen LogP contribution in [0.25, 0.3) is 22.3 Å². The Morgan fingerprint density at radius 3 is 2.79 bits per heavy atom. The van der Waals surface area contributed by atoms with E-state index >= 15 is 0 Å². The van der Waals surface area contributed by atoms with Crippen LogP contribution in [-0.2, 0) is 52.7 Å². The molecule has 0 saturated heterocycles. The summed E-state index contributed by atoms with van der Waals surface area (Å²) in [6.45, 7) is 4.71. The first-order valence-electron chi connectivity index (χ1n) is 14.3. The number of pyridine rings is 2. The molecule has 4 aromatic rings. The fourth-order valence-corrected chi connectivity index (χ4v) is 5.92. The molecule has 2 aliphatic rings. The predicted octanol–water partition coefficient (Wildman–Crippen LogP) is 2.49. The largest absolute Gasteiger partial charge is 0.487 e. The number of amides is 1. The molecule has 43 heavy (non-hydrogen) atoms. The molecule has 3 N–H and O–H groups in total. The molecule has 6 rings (SSSR count). The number of benzene rings is 1. The second-order valence-corrected chi connectivity index (χ2v) is 10.8. The Bertz CT molecular complexity index is 1810. The quantitative estimate of drug-likeness (QED) is 0.0953. The lowest BCUT2D eigenvalue weighted by Crippen LogP contribution is -2.44. The second-order valence-electron chi connectivity index (χ2n) is 10.8. The van der Waals surface area contributed by atoms with Gasteiger partial charge in [-0.1, -0.05) is 19.1 Å². The molecule has 3 aromatic heterocycles. The van der Waals surface area contributed by atoms with Crippen molar-refractivity contribution >= 4 is 22.8 Å². The molecule has 13 nitrogen and oxygen atoms in total. The fraction of sp³-hybridized carbons (Fsp3) is 0.400. The summed E-state index contributed by atoms with van der Waals surface area (Å²) in [6, 6.07) is 7.37. The van der Waals surface area contributed by atoms with Gasteiger partial charge in [-0.2, -0.15) is 0 Å². The van der Waals surface area contributed by atoms with Gasteiger partial charge < -0.3 is 19.1 Å². The van der Waals surface area contributed by atoms with Crippen molar-refractivity contribution in [3.05, 3.63) is 68.8 Å². The maximum Gasteiger partial charge on any atom is 0.343 e. The molecule has 1 atom stereocenters. The van der Waals surface area contributed by atoms with E-state index in [1.54, 1.807) is 33.9 Å². The van der Waals surface area contributed by atoms with Gasteiger partial charge in [-0.25, -0.2) is 15.3 Å². The van der Waals surface area contributed by atoms with E-state index in [9.17, 15) is 19.5 Å². The molecule has 5 heterocycles. The van der Waals surface area contributed by atoms with E-state index in [1.165, 1.54) is 0 Å². The highest BCUT2D eigenvalue weighted by molar-refractivity contribution is 5.90. The number of ether oxygens (including phenoxy) is 2. The SMILES string of the molecule is CCc1c2c(nc3ccc(OCc4cn(CCCCC(=O)NO)nn4)cc13)-c1cc3c(c(=O)n1C2)COC(=O)[C@]3(O)CC. The van der Waals surface area contributed by atoms with Crippen LogP contribution in [0.1, 0.15) is 67.5 Å². The van der Waals surface area contributed by atoms with E-state index in [1.807, 2.05) is 18.2 Å². The van der Waals surface area contributed by atoms with Gasteiger partial charge in [0.05, 0.1) is 35.2 Å². The number of esters is 1. The normalized spacial score (nSPS) is 16.9. The molecule has 1 aromatic carbocycles. The monoisotopic (exact) mass is 588 g/mol. The van der Waals surface area contributed by atoms with Crippen LogP contribution in [0.4, 0.5) is 0 Å². The summed E-state index contributed by atoms with van der Waals surface area (Å²) in [4.78, 5) is 42.1. The van der Waals surface area contributed by atoms with Gasteiger partial charge in [-0.05, 0) is 55.5 Å². The summed E-state index contributed by atoms with van der Waals surface area (Å²) in [5.41, 5.74) is 4.68. The van der Waals surface area contributed by atoms with Crippen molar-refractivity contribution in [3.8, 4) is 17.1 Å². The van der Waals surface area contributed by atoms with Crippen LogP contribution in [-0.4, -0.2) is 46.7 Å². The van der Waals surface area contributed by atoms with Gasteiger partial charge in [0, 0.05) is 29.5 Å². The first kappa shape index (κ1) is 28.5. The molecule has 0 unspecified atom stereocenters. The molecule has 2 aliphatic heterocycles. The number of hydroxylamine groups is 1. The maximum absolute atomic E-state index is 13.5. The van der Waals surface area contributed by atoms with Crippen molar-refractivity contribution in [1.82, 2.24) is 30.0 Å². The number of aryl methyl sites for hydroxylation is 2. The lowest BCUT2D eigenvalue weighted by Gasteiger charge is -2.31. The summed E-state index contributed by atoms with van der Waals surface area (Å²) < 4.78 is 14.6. The third-order valence-corrected chi connectivity index (χ3v) is 8.27. The molecular formula is C30H32N6O7. The van der Waals surface area contributed by atoms with Gasteiger partial charge in [-0.15, -0.1) is 5.10 Å².